The Balaban J connectivity index is 1.59. The maximum absolute atomic E-state index is 13.5. The summed E-state index contributed by atoms with van der Waals surface area (Å²) in [7, 11) is 1.58. The van der Waals surface area contributed by atoms with Crippen LogP contribution >= 0.6 is 22.9 Å². The summed E-state index contributed by atoms with van der Waals surface area (Å²) in [6.45, 7) is 3.38. The highest BCUT2D eigenvalue weighted by Crippen LogP contribution is 2.24. The summed E-state index contributed by atoms with van der Waals surface area (Å²) in [6, 6.07) is 8.05. The molecule has 0 bridgehead atoms. The Morgan fingerprint density at radius 2 is 2.00 bits per heavy atom. The van der Waals surface area contributed by atoms with E-state index in [1.54, 1.807) is 25.3 Å². The number of rotatable bonds is 4. The Morgan fingerprint density at radius 1 is 1.25 bits per heavy atom. The predicted molar refractivity (Wildman–Crippen MR) is 93.5 cm³/mol. The molecular formula is C17H18ClFN2O2S. The van der Waals surface area contributed by atoms with Crippen molar-refractivity contribution in [3.8, 4) is 5.75 Å². The third-order valence-corrected chi connectivity index (χ3v) is 5.30. The van der Waals surface area contributed by atoms with Gasteiger partial charge in [-0.3, -0.25) is 9.69 Å². The maximum Gasteiger partial charge on any atom is 0.264 e. The number of carbonyl (C=O) groups is 1. The van der Waals surface area contributed by atoms with E-state index in [1.807, 2.05) is 4.90 Å². The van der Waals surface area contributed by atoms with Gasteiger partial charge >= 0.3 is 0 Å². The topological polar surface area (TPSA) is 32.8 Å². The summed E-state index contributed by atoms with van der Waals surface area (Å²) in [6.07, 6.45) is 0. The molecule has 1 aromatic carbocycles. The van der Waals surface area contributed by atoms with E-state index in [0.29, 0.717) is 34.6 Å². The quantitative estimate of drug-likeness (QED) is 0.828. The highest BCUT2D eigenvalue weighted by Gasteiger charge is 2.23. The van der Waals surface area contributed by atoms with Crippen molar-refractivity contribution in [3.63, 3.8) is 0 Å². The second-order valence-electron chi connectivity index (χ2n) is 5.63. The number of halogens is 2. The molecular weight excluding hydrogens is 351 g/mol. The van der Waals surface area contributed by atoms with E-state index in [0.717, 1.165) is 18.7 Å². The smallest absolute Gasteiger partial charge is 0.264 e. The summed E-state index contributed by atoms with van der Waals surface area (Å²) < 4.78 is 19.4. The molecule has 0 N–H and O–H groups in total. The number of methoxy groups -OCH3 is 1. The van der Waals surface area contributed by atoms with E-state index in [4.69, 9.17) is 16.3 Å². The Bertz CT molecular complexity index is 729. The van der Waals surface area contributed by atoms with Crippen LogP contribution in [0.1, 0.15) is 15.2 Å². The van der Waals surface area contributed by atoms with E-state index in [-0.39, 0.29) is 11.7 Å². The number of nitrogens with zero attached hydrogens (tertiary/aromatic N) is 2. The number of ether oxygens (including phenoxy) is 1. The van der Waals surface area contributed by atoms with Gasteiger partial charge in [0.15, 0.2) is 0 Å². The average molecular weight is 369 g/mol. The van der Waals surface area contributed by atoms with E-state index in [1.165, 1.54) is 23.5 Å². The zero-order chi connectivity index (χ0) is 17.1. The summed E-state index contributed by atoms with van der Waals surface area (Å²) in [4.78, 5) is 17.1. The van der Waals surface area contributed by atoms with Gasteiger partial charge < -0.3 is 9.64 Å². The van der Waals surface area contributed by atoms with Crippen LogP contribution in [0, 0.1) is 5.82 Å². The highest BCUT2D eigenvalue weighted by atomic mass is 35.5. The van der Waals surface area contributed by atoms with Crippen LogP contribution in [0.2, 0.25) is 4.34 Å². The van der Waals surface area contributed by atoms with Gasteiger partial charge in [-0.05, 0) is 30.3 Å². The number of hydrogen-bond acceptors (Lipinski definition) is 4. The standard InChI is InChI=1S/C17H18ClFN2O2S/c1-23-14-3-2-13(19)10-12(14)11-20-6-8-21(9-7-20)17(22)15-4-5-16(18)24-15/h2-5,10H,6-9,11H2,1H3. The molecule has 1 aliphatic heterocycles. The van der Waals surface area contributed by atoms with Gasteiger partial charge in [-0.25, -0.2) is 4.39 Å². The minimum Gasteiger partial charge on any atom is -0.496 e. The summed E-state index contributed by atoms with van der Waals surface area (Å²) in [5.74, 6) is 0.437. The monoisotopic (exact) mass is 368 g/mol. The summed E-state index contributed by atoms with van der Waals surface area (Å²) in [5.41, 5.74) is 0.822. The lowest BCUT2D eigenvalue weighted by atomic mass is 10.1. The van der Waals surface area contributed by atoms with E-state index in [2.05, 4.69) is 4.90 Å². The summed E-state index contributed by atoms with van der Waals surface area (Å²) >= 11 is 7.20. The first-order valence-corrected chi connectivity index (χ1v) is 8.85. The van der Waals surface area contributed by atoms with Gasteiger partial charge in [-0.1, -0.05) is 11.6 Å². The molecule has 2 heterocycles. The molecule has 7 heteroatoms. The molecule has 24 heavy (non-hydrogen) atoms. The van der Waals surface area contributed by atoms with Crippen molar-refractivity contribution in [3.05, 3.63) is 50.9 Å². The number of carbonyl (C=O) groups excluding carboxylic acids is 1. The van der Waals surface area contributed by atoms with Crippen molar-refractivity contribution in [2.24, 2.45) is 0 Å². The van der Waals surface area contributed by atoms with Crippen LogP contribution in [-0.4, -0.2) is 49.0 Å². The molecule has 0 spiro atoms. The lowest BCUT2D eigenvalue weighted by Crippen LogP contribution is -2.48. The normalized spacial score (nSPS) is 15.5. The van der Waals surface area contributed by atoms with Crippen LogP contribution in [0.4, 0.5) is 4.39 Å². The first-order valence-electron chi connectivity index (χ1n) is 7.66. The van der Waals surface area contributed by atoms with Crippen molar-refractivity contribution in [2.45, 2.75) is 6.54 Å². The van der Waals surface area contributed by atoms with E-state index < -0.39 is 0 Å². The fourth-order valence-electron chi connectivity index (χ4n) is 2.81. The molecule has 0 unspecified atom stereocenters. The van der Waals surface area contributed by atoms with Gasteiger partial charge in [-0.15, -0.1) is 11.3 Å². The minimum absolute atomic E-state index is 0.0230. The van der Waals surface area contributed by atoms with Crippen LogP contribution in [0.25, 0.3) is 0 Å². The van der Waals surface area contributed by atoms with Crippen molar-refractivity contribution in [2.75, 3.05) is 33.3 Å². The SMILES string of the molecule is COc1ccc(F)cc1CN1CCN(C(=O)c2ccc(Cl)s2)CC1. The molecule has 0 aliphatic carbocycles. The van der Waals surface area contributed by atoms with Crippen LogP contribution in [0.5, 0.6) is 5.75 Å². The lowest BCUT2D eigenvalue weighted by Gasteiger charge is -2.34. The second kappa shape index (κ2) is 7.51. The van der Waals surface area contributed by atoms with Gasteiger partial charge in [0, 0.05) is 38.3 Å². The first-order chi connectivity index (χ1) is 11.6. The third kappa shape index (κ3) is 3.88. The Hall–Kier alpha value is -1.63. The number of thiophene rings is 1. The Morgan fingerprint density at radius 3 is 2.62 bits per heavy atom. The van der Waals surface area contributed by atoms with Crippen molar-refractivity contribution < 1.29 is 13.9 Å². The van der Waals surface area contributed by atoms with E-state index >= 15 is 0 Å². The van der Waals surface area contributed by atoms with Gasteiger partial charge in [0.25, 0.3) is 5.91 Å². The van der Waals surface area contributed by atoms with Crippen molar-refractivity contribution >= 4 is 28.8 Å². The molecule has 1 fully saturated rings. The van der Waals surface area contributed by atoms with Crippen molar-refractivity contribution in [1.82, 2.24) is 9.80 Å². The Kier molecular flexibility index (Phi) is 5.38. The highest BCUT2D eigenvalue weighted by molar-refractivity contribution is 7.17. The molecule has 0 atom stereocenters. The molecule has 0 saturated carbocycles. The number of hydrogen-bond donors (Lipinski definition) is 0. The molecule has 4 nitrogen and oxygen atoms in total. The van der Waals surface area contributed by atoms with Crippen LogP contribution in [0.3, 0.4) is 0 Å². The molecule has 1 aliphatic rings. The summed E-state index contributed by atoms with van der Waals surface area (Å²) in [5, 5.41) is 0. The molecule has 0 radical (unpaired) electrons. The predicted octanol–water partition coefficient (Wildman–Crippen LogP) is 3.51. The zero-order valence-corrected chi connectivity index (χ0v) is 14.9. The molecule has 1 amide bonds. The number of benzene rings is 1. The maximum atomic E-state index is 13.5. The lowest BCUT2D eigenvalue weighted by molar-refractivity contribution is 0.0632. The molecule has 2 aromatic rings. The largest absolute Gasteiger partial charge is 0.496 e. The van der Waals surface area contributed by atoms with Crippen molar-refractivity contribution in [1.29, 1.82) is 0 Å². The second-order valence-corrected chi connectivity index (χ2v) is 7.34. The van der Waals surface area contributed by atoms with Gasteiger partial charge in [-0.2, -0.15) is 0 Å². The number of piperazine rings is 1. The van der Waals surface area contributed by atoms with Gasteiger partial charge in [0.2, 0.25) is 0 Å². The van der Waals surface area contributed by atoms with Crippen LogP contribution in [-0.2, 0) is 6.54 Å². The number of amides is 1. The van der Waals surface area contributed by atoms with Crippen LogP contribution < -0.4 is 4.74 Å². The third-order valence-electron chi connectivity index (χ3n) is 4.08. The van der Waals surface area contributed by atoms with E-state index in [9.17, 15) is 9.18 Å². The fourth-order valence-corrected chi connectivity index (χ4v) is 3.82. The zero-order valence-electron chi connectivity index (χ0n) is 13.3. The van der Waals surface area contributed by atoms with Gasteiger partial charge in [0.05, 0.1) is 16.3 Å². The van der Waals surface area contributed by atoms with Gasteiger partial charge in [0.1, 0.15) is 11.6 Å². The Labute approximate surface area is 149 Å². The molecule has 1 saturated heterocycles. The average Bonchev–Trinajstić information content (AvgIpc) is 3.02. The molecule has 128 valence electrons. The minimum atomic E-state index is -0.269. The fraction of sp³-hybridized carbons (Fsp3) is 0.353. The molecule has 3 rings (SSSR count). The first kappa shape index (κ1) is 17.2. The molecule has 1 aromatic heterocycles. The van der Waals surface area contributed by atoms with Crippen LogP contribution in [0.15, 0.2) is 30.3 Å².